The molecule has 1 aliphatic heterocycles. The predicted octanol–water partition coefficient (Wildman–Crippen LogP) is 0.817. The smallest absolute Gasteiger partial charge is 0.239 e. The van der Waals surface area contributed by atoms with E-state index >= 15 is 0 Å². The van der Waals surface area contributed by atoms with Gasteiger partial charge >= 0.3 is 0 Å². The summed E-state index contributed by atoms with van der Waals surface area (Å²) in [6.07, 6.45) is 0.291. The van der Waals surface area contributed by atoms with Crippen molar-refractivity contribution in [3.05, 3.63) is 24.3 Å². The Morgan fingerprint density at radius 2 is 2.05 bits per heavy atom. The lowest BCUT2D eigenvalue weighted by Gasteiger charge is -2.17. The van der Waals surface area contributed by atoms with Gasteiger partial charge in [0, 0.05) is 18.7 Å². The van der Waals surface area contributed by atoms with Crippen LogP contribution in [0.2, 0.25) is 0 Å². The minimum atomic E-state index is -0.390. The number of amides is 2. The van der Waals surface area contributed by atoms with Crippen LogP contribution in [0.15, 0.2) is 24.3 Å². The number of carbonyl (C=O) groups is 2. The van der Waals surface area contributed by atoms with E-state index in [-0.39, 0.29) is 30.3 Å². The van der Waals surface area contributed by atoms with E-state index in [2.05, 4.69) is 5.43 Å². The summed E-state index contributed by atoms with van der Waals surface area (Å²) < 4.78 is 5.55. The molecule has 0 radical (unpaired) electrons. The van der Waals surface area contributed by atoms with E-state index in [1.807, 2.05) is 38.1 Å². The van der Waals surface area contributed by atoms with Crippen LogP contribution in [-0.4, -0.2) is 24.5 Å². The molecule has 0 spiro atoms. The lowest BCUT2D eigenvalue weighted by molar-refractivity contribution is -0.126. The van der Waals surface area contributed by atoms with Crippen LogP contribution in [-0.2, 0) is 9.59 Å². The lowest BCUT2D eigenvalue weighted by Crippen LogP contribution is -2.37. The number of hydrogen-bond acceptors (Lipinski definition) is 4. The second kappa shape index (κ2) is 5.92. The predicted molar refractivity (Wildman–Crippen MR) is 75.0 cm³/mol. The SMILES string of the molecule is CC(C)Oc1ccc(N2CC(C(=O)NN)CC2=O)cc1. The standard InChI is InChI=1S/C14H19N3O3/c1-9(2)20-12-5-3-11(4-6-12)17-8-10(7-13(17)18)14(19)16-15/h3-6,9-10H,7-8,15H2,1-2H3,(H,16,19). The third-order valence-corrected chi connectivity index (χ3v) is 3.16. The van der Waals surface area contributed by atoms with E-state index in [4.69, 9.17) is 10.6 Å². The second-order valence-corrected chi connectivity index (χ2v) is 5.07. The Labute approximate surface area is 117 Å². The quantitative estimate of drug-likeness (QED) is 0.485. The van der Waals surface area contributed by atoms with E-state index in [0.717, 1.165) is 11.4 Å². The van der Waals surface area contributed by atoms with Crippen LogP contribution in [0.4, 0.5) is 5.69 Å². The first-order valence-electron chi connectivity index (χ1n) is 6.58. The molecule has 2 rings (SSSR count). The minimum Gasteiger partial charge on any atom is -0.491 e. The minimum absolute atomic E-state index is 0.0730. The average Bonchev–Trinajstić information content (AvgIpc) is 2.80. The van der Waals surface area contributed by atoms with Gasteiger partial charge in [-0.05, 0) is 38.1 Å². The fraction of sp³-hybridized carbons (Fsp3) is 0.429. The van der Waals surface area contributed by atoms with Crippen molar-refractivity contribution >= 4 is 17.5 Å². The summed E-state index contributed by atoms with van der Waals surface area (Å²) >= 11 is 0. The first kappa shape index (κ1) is 14.3. The highest BCUT2D eigenvalue weighted by Crippen LogP contribution is 2.27. The normalized spacial score (nSPS) is 18.5. The maximum atomic E-state index is 11.9. The maximum absolute atomic E-state index is 11.9. The number of hydrazine groups is 1. The van der Waals surface area contributed by atoms with Crippen molar-refractivity contribution in [2.75, 3.05) is 11.4 Å². The van der Waals surface area contributed by atoms with Gasteiger partial charge in [-0.1, -0.05) is 0 Å². The molecule has 0 saturated carbocycles. The van der Waals surface area contributed by atoms with Crippen LogP contribution in [0.1, 0.15) is 20.3 Å². The summed E-state index contributed by atoms with van der Waals surface area (Å²) in [6, 6.07) is 7.27. The number of rotatable bonds is 4. The topological polar surface area (TPSA) is 84.7 Å². The molecule has 1 atom stereocenters. The molecule has 0 aliphatic carbocycles. The van der Waals surface area contributed by atoms with E-state index in [0.29, 0.717) is 6.54 Å². The third-order valence-electron chi connectivity index (χ3n) is 3.16. The number of anilines is 1. The Kier molecular flexibility index (Phi) is 4.24. The molecular weight excluding hydrogens is 258 g/mol. The number of carbonyl (C=O) groups excluding carboxylic acids is 2. The van der Waals surface area contributed by atoms with Crippen LogP contribution in [0, 0.1) is 5.92 Å². The highest BCUT2D eigenvalue weighted by Gasteiger charge is 2.34. The van der Waals surface area contributed by atoms with Crippen LogP contribution in [0.25, 0.3) is 0 Å². The molecule has 6 nitrogen and oxygen atoms in total. The molecular formula is C14H19N3O3. The first-order valence-corrected chi connectivity index (χ1v) is 6.58. The van der Waals surface area contributed by atoms with Gasteiger partial charge in [0.1, 0.15) is 5.75 Å². The lowest BCUT2D eigenvalue weighted by atomic mass is 10.1. The monoisotopic (exact) mass is 277 g/mol. The Bertz CT molecular complexity index is 499. The van der Waals surface area contributed by atoms with Gasteiger partial charge in [-0.2, -0.15) is 0 Å². The van der Waals surface area contributed by atoms with Gasteiger partial charge in [-0.25, -0.2) is 5.84 Å². The zero-order chi connectivity index (χ0) is 14.7. The molecule has 108 valence electrons. The molecule has 0 aromatic heterocycles. The molecule has 1 unspecified atom stereocenters. The average molecular weight is 277 g/mol. The zero-order valence-electron chi connectivity index (χ0n) is 11.6. The van der Waals surface area contributed by atoms with Gasteiger partial charge in [-0.15, -0.1) is 0 Å². The number of benzene rings is 1. The molecule has 1 aliphatic rings. The van der Waals surface area contributed by atoms with Crippen molar-refractivity contribution in [2.24, 2.45) is 11.8 Å². The number of nitrogens with one attached hydrogen (secondary N) is 1. The number of nitrogens with two attached hydrogens (primary N) is 1. The molecule has 6 heteroatoms. The van der Waals surface area contributed by atoms with Crippen LogP contribution in [0.3, 0.4) is 0 Å². The zero-order valence-corrected chi connectivity index (χ0v) is 11.6. The molecule has 1 aromatic carbocycles. The van der Waals surface area contributed by atoms with Crippen LogP contribution >= 0.6 is 0 Å². The number of nitrogens with zero attached hydrogens (tertiary/aromatic N) is 1. The third kappa shape index (κ3) is 3.08. The van der Waals surface area contributed by atoms with Crippen molar-refractivity contribution in [3.63, 3.8) is 0 Å². The largest absolute Gasteiger partial charge is 0.491 e. The van der Waals surface area contributed by atoms with Crippen molar-refractivity contribution < 1.29 is 14.3 Å². The van der Waals surface area contributed by atoms with E-state index in [9.17, 15) is 9.59 Å². The molecule has 20 heavy (non-hydrogen) atoms. The second-order valence-electron chi connectivity index (χ2n) is 5.07. The van der Waals surface area contributed by atoms with Gasteiger partial charge in [0.25, 0.3) is 0 Å². The summed E-state index contributed by atoms with van der Waals surface area (Å²) in [4.78, 5) is 25.0. The van der Waals surface area contributed by atoms with E-state index in [1.165, 1.54) is 0 Å². The van der Waals surface area contributed by atoms with Gasteiger partial charge < -0.3 is 9.64 Å². The molecule has 1 aromatic rings. The highest BCUT2D eigenvalue weighted by atomic mass is 16.5. The van der Waals surface area contributed by atoms with Gasteiger partial charge in [0.15, 0.2) is 0 Å². The molecule has 2 amide bonds. The van der Waals surface area contributed by atoms with Crippen LogP contribution < -0.4 is 20.9 Å². The Balaban J connectivity index is 2.08. The van der Waals surface area contributed by atoms with Gasteiger partial charge in [0.2, 0.25) is 11.8 Å². The van der Waals surface area contributed by atoms with Crippen molar-refractivity contribution in [3.8, 4) is 5.75 Å². The summed E-state index contributed by atoms with van der Waals surface area (Å²) in [5, 5.41) is 0. The van der Waals surface area contributed by atoms with Gasteiger partial charge in [-0.3, -0.25) is 15.0 Å². The molecule has 1 heterocycles. The number of hydrogen-bond donors (Lipinski definition) is 2. The highest BCUT2D eigenvalue weighted by molar-refractivity contribution is 6.00. The summed E-state index contributed by atoms with van der Waals surface area (Å²) in [5.74, 6) is 5.09. The Morgan fingerprint density at radius 1 is 1.40 bits per heavy atom. The van der Waals surface area contributed by atoms with Crippen LogP contribution in [0.5, 0.6) is 5.75 Å². The van der Waals surface area contributed by atoms with Crippen molar-refractivity contribution in [1.82, 2.24) is 5.43 Å². The summed E-state index contributed by atoms with van der Waals surface area (Å²) in [5.41, 5.74) is 2.85. The maximum Gasteiger partial charge on any atom is 0.239 e. The molecule has 3 N–H and O–H groups in total. The van der Waals surface area contributed by atoms with Crippen molar-refractivity contribution in [1.29, 1.82) is 0 Å². The number of ether oxygens (including phenoxy) is 1. The van der Waals surface area contributed by atoms with Crippen molar-refractivity contribution in [2.45, 2.75) is 26.4 Å². The van der Waals surface area contributed by atoms with E-state index in [1.54, 1.807) is 4.90 Å². The first-order chi connectivity index (χ1) is 9.51. The fourth-order valence-corrected chi connectivity index (χ4v) is 2.23. The Hall–Kier alpha value is -2.08. The molecule has 1 fully saturated rings. The van der Waals surface area contributed by atoms with Gasteiger partial charge in [0.05, 0.1) is 12.0 Å². The molecule has 0 bridgehead atoms. The summed E-state index contributed by atoms with van der Waals surface area (Å²) in [6.45, 7) is 4.26. The van der Waals surface area contributed by atoms with E-state index < -0.39 is 0 Å². The molecule has 1 saturated heterocycles. The Morgan fingerprint density at radius 3 is 2.60 bits per heavy atom. The summed E-state index contributed by atoms with van der Waals surface area (Å²) in [7, 11) is 0. The fourth-order valence-electron chi connectivity index (χ4n) is 2.23.